The zero-order valence-corrected chi connectivity index (χ0v) is 31.7. The summed E-state index contributed by atoms with van der Waals surface area (Å²) < 4.78 is 76.4. The standard InChI is InChI=1S/C37H46O13P2/c1-26-27(2)36(48-30(5)40)37(49-35(26)34(47-29(4)39)24-43-28(3)38)50-52(42,46-23-33-19-13-8-14-20-33)25-51(41,44-21-31-15-9-6-10-16-31)45-22-32-17-11-7-12-18-32/h6-20,26-27,34-37H,21-25H2,1-5H3/t26-,27-,34+,35?,36?,37?,52?/m0/s1. The first-order valence-corrected chi connectivity index (χ1v) is 20.3. The number of carbonyl (C=O) groups excluding carboxylic acids is 3. The van der Waals surface area contributed by atoms with Crippen molar-refractivity contribution in [2.75, 3.05) is 12.5 Å². The van der Waals surface area contributed by atoms with Gasteiger partial charge in [-0.25, -0.2) is 0 Å². The molecule has 52 heavy (non-hydrogen) atoms. The summed E-state index contributed by atoms with van der Waals surface area (Å²) in [5, 5.41) is 0. The molecule has 0 radical (unpaired) electrons. The van der Waals surface area contributed by atoms with Crippen LogP contribution in [0.25, 0.3) is 0 Å². The first kappa shape index (κ1) is 41.1. The van der Waals surface area contributed by atoms with Crippen molar-refractivity contribution in [3.63, 3.8) is 0 Å². The SMILES string of the molecule is CC(=O)OC[C@@H](OC(C)=O)C1OC(OP(=O)(CP(=O)(OCc2ccccc2)OCc2ccccc2)OCc2ccccc2)C(OC(C)=O)[C@@H](C)[C@@H]1C. The topological polar surface area (TPSA) is 159 Å². The van der Waals surface area contributed by atoms with Gasteiger partial charge in [0.05, 0.1) is 19.8 Å². The van der Waals surface area contributed by atoms with Gasteiger partial charge in [0.25, 0.3) is 0 Å². The van der Waals surface area contributed by atoms with Gasteiger partial charge in [-0.05, 0) is 22.6 Å². The molecule has 0 aliphatic carbocycles. The van der Waals surface area contributed by atoms with E-state index >= 15 is 4.57 Å². The van der Waals surface area contributed by atoms with E-state index in [4.69, 9.17) is 37.0 Å². The Kier molecular flexibility index (Phi) is 15.3. The molecule has 13 nitrogen and oxygen atoms in total. The minimum atomic E-state index is -4.58. The van der Waals surface area contributed by atoms with Gasteiger partial charge < -0.3 is 32.5 Å². The molecule has 7 atom stereocenters. The van der Waals surface area contributed by atoms with Crippen LogP contribution in [-0.2, 0) is 80.4 Å². The summed E-state index contributed by atoms with van der Waals surface area (Å²) >= 11 is 0. The van der Waals surface area contributed by atoms with Gasteiger partial charge in [-0.15, -0.1) is 0 Å². The van der Waals surface area contributed by atoms with E-state index in [2.05, 4.69) is 0 Å². The molecule has 4 unspecified atom stereocenters. The Balaban J connectivity index is 1.71. The smallest absolute Gasteiger partial charge is 0.345 e. The first-order valence-electron chi connectivity index (χ1n) is 16.8. The van der Waals surface area contributed by atoms with E-state index in [1.807, 2.05) is 12.1 Å². The highest BCUT2D eigenvalue weighted by Gasteiger charge is 2.51. The number of benzene rings is 3. The molecule has 1 saturated heterocycles. The van der Waals surface area contributed by atoms with Gasteiger partial charge in [0.2, 0.25) is 6.29 Å². The summed E-state index contributed by atoms with van der Waals surface area (Å²) in [7, 11) is -8.90. The van der Waals surface area contributed by atoms with Crippen LogP contribution in [0.4, 0.5) is 0 Å². The van der Waals surface area contributed by atoms with E-state index in [0.29, 0.717) is 16.7 Å². The monoisotopic (exact) mass is 760 g/mol. The summed E-state index contributed by atoms with van der Waals surface area (Å²) in [4.78, 5) is 36.2. The van der Waals surface area contributed by atoms with Crippen LogP contribution in [0, 0.1) is 11.8 Å². The van der Waals surface area contributed by atoms with Crippen molar-refractivity contribution in [2.45, 2.75) is 79.0 Å². The molecule has 0 aromatic heterocycles. The molecule has 0 bridgehead atoms. The molecule has 0 spiro atoms. The highest BCUT2D eigenvalue weighted by molar-refractivity contribution is 7.71. The summed E-state index contributed by atoms with van der Waals surface area (Å²) in [6.07, 6.45) is -4.83. The lowest BCUT2D eigenvalue weighted by Crippen LogP contribution is -2.56. The lowest BCUT2D eigenvalue weighted by molar-refractivity contribution is -0.269. The van der Waals surface area contributed by atoms with E-state index in [-0.39, 0.29) is 26.4 Å². The average Bonchev–Trinajstić information content (AvgIpc) is 3.12. The maximum Gasteiger partial charge on any atom is 0.345 e. The van der Waals surface area contributed by atoms with Crippen LogP contribution < -0.4 is 0 Å². The molecule has 4 rings (SSSR count). The number of esters is 3. The third-order valence-electron chi connectivity index (χ3n) is 8.29. The molecule has 1 heterocycles. The Morgan fingerprint density at radius 2 is 1.12 bits per heavy atom. The van der Waals surface area contributed by atoms with E-state index in [0.717, 1.165) is 0 Å². The quantitative estimate of drug-likeness (QED) is 0.0717. The number of ether oxygens (including phenoxy) is 4. The predicted octanol–water partition coefficient (Wildman–Crippen LogP) is 7.42. The Morgan fingerprint density at radius 1 is 0.654 bits per heavy atom. The van der Waals surface area contributed by atoms with E-state index in [1.54, 1.807) is 92.7 Å². The van der Waals surface area contributed by atoms with Crippen molar-refractivity contribution in [1.29, 1.82) is 0 Å². The fourth-order valence-electron chi connectivity index (χ4n) is 5.51. The van der Waals surface area contributed by atoms with Crippen molar-refractivity contribution in [3.8, 4) is 0 Å². The van der Waals surface area contributed by atoms with Crippen LogP contribution in [0.5, 0.6) is 0 Å². The third kappa shape index (κ3) is 12.8. The van der Waals surface area contributed by atoms with Crippen LogP contribution in [0.3, 0.4) is 0 Å². The van der Waals surface area contributed by atoms with E-state index < -0.39 is 75.4 Å². The van der Waals surface area contributed by atoms with Crippen LogP contribution in [0.2, 0.25) is 0 Å². The molecular formula is C37H46O13P2. The number of hydrogen-bond acceptors (Lipinski definition) is 13. The Labute approximate surface area is 304 Å². The van der Waals surface area contributed by atoms with Gasteiger partial charge in [0.15, 0.2) is 18.1 Å². The predicted molar refractivity (Wildman–Crippen MR) is 190 cm³/mol. The molecule has 3 aromatic carbocycles. The van der Waals surface area contributed by atoms with Crippen LogP contribution in [0.15, 0.2) is 91.0 Å². The van der Waals surface area contributed by atoms with Crippen molar-refractivity contribution in [2.24, 2.45) is 11.8 Å². The van der Waals surface area contributed by atoms with Gasteiger partial charge in [-0.2, -0.15) is 0 Å². The Morgan fingerprint density at radius 3 is 1.54 bits per heavy atom. The fraction of sp³-hybridized carbons (Fsp3) is 0.432. The second-order valence-electron chi connectivity index (χ2n) is 12.5. The van der Waals surface area contributed by atoms with Crippen LogP contribution in [-0.4, -0.2) is 55.0 Å². The average molecular weight is 761 g/mol. The number of hydrogen-bond donors (Lipinski definition) is 0. The second-order valence-corrected chi connectivity index (χ2v) is 17.0. The van der Waals surface area contributed by atoms with Crippen LogP contribution in [0.1, 0.15) is 51.3 Å². The summed E-state index contributed by atoms with van der Waals surface area (Å²) in [6.45, 7) is 6.29. The van der Waals surface area contributed by atoms with Crippen molar-refractivity contribution in [1.82, 2.24) is 0 Å². The van der Waals surface area contributed by atoms with Gasteiger partial charge in [0.1, 0.15) is 12.7 Å². The number of rotatable bonds is 18. The third-order valence-corrected chi connectivity index (χ3v) is 13.2. The molecule has 3 aromatic rings. The molecule has 15 heteroatoms. The largest absolute Gasteiger partial charge is 0.462 e. The van der Waals surface area contributed by atoms with Gasteiger partial charge >= 0.3 is 33.1 Å². The Bertz CT molecular complexity index is 1640. The van der Waals surface area contributed by atoms with E-state index in [9.17, 15) is 18.9 Å². The van der Waals surface area contributed by atoms with Crippen molar-refractivity contribution in [3.05, 3.63) is 108 Å². The maximum atomic E-state index is 15.0. The van der Waals surface area contributed by atoms with E-state index in [1.165, 1.54) is 20.8 Å². The van der Waals surface area contributed by atoms with Gasteiger partial charge in [0, 0.05) is 26.7 Å². The van der Waals surface area contributed by atoms with Crippen LogP contribution >= 0.6 is 15.2 Å². The summed E-state index contributed by atoms with van der Waals surface area (Å²) in [6, 6.07) is 26.8. The zero-order chi connectivity index (χ0) is 37.7. The molecule has 0 N–H and O–H groups in total. The Hall–Kier alpha value is -3.67. The van der Waals surface area contributed by atoms with Gasteiger partial charge in [-0.1, -0.05) is 105 Å². The van der Waals surface area contributed by atoms with Crippen molar-refractivity contribution < 1.29 is 60.6 Å². The second kappa shape index (κ2) is 19.4. The summed E-state index contributed by atoms with van der Waals surface area (Å²) in [5.41, 5.74) is 2.01. The molecule has 1 aliphatic rings. The lowest BCUT2D eigenvalue weighted by atomic mass is 9.81. The molecular weight excluding hydrogens is 714 g/mol. The molecule has 282 valence electrons. The molecule has 0 saturated carbocycles. The highest BCUT2D eigenvalue weighted by Crippen LogP contribution is 2.66. The minimum Gasteiger partial charge on any atom is -0.462 e. The minimum absolute atomic E-state index is 0.140. The molecule has 0 amide bonds. The van der Waals surface area contributed by atoms with Crippen molar-refractivity contribution >= 4 is 33.1 Å². The molecule has 1 aliphatic heterocycles. The fourth-order valence-corrected chi connectivity index (χ4v) is 10.1. The summed E-state index contributed by atoms with van der Waals surface area (Å²) in [5.74, 6) is -3.79. The number of carbonyl (C=O) groups is 3. The highest BCUT2D eigenvalue weighted by atomic mass is 31.2. The zero-order valence-electron chi connectivity index (χ0n) is 29.9. The first-order chi connectivity index (χ1) is 24.8. The van der Waals surface area contributed by atoms with Gasteiger partial charge in [-0.3, -0.25) is 28.0 Å². The normalized spacial score (nSPS) is 22.1. The lowest BCUT2D eigenvalue weighted by Gasteiger charge is -2.46. The molecule has 1 fully saturated rings. The maximum absolute atomic E-state index is 15.0.